The summed E-state index contributed by atoms with van der Waals surface area (Å²) in [5.41, 5.74) is 0.413. The molecule has 1 aliphatic heterocycles. The lowest BCUT2D eigenvalue weighted by Crippen LogP contribution is -1.98. The monoisotopic (exact) mass is 143 g/mol. The molecular weight excluding hydrogens is 139 g/mol. The van der Waals surface area contributed by atoms with Crippen molar-refractivity contribution in [2.24, 2.45) is 0 Å². The number of hydrogen-bond acceptors (Lipinski definition) is 2. The highest BCUT2D eigenvalue weighted by molar-refractivity contribution is 7.74. The van der Waals surface area contributed by atoms with E-state index in [0.717, 1.165) is 0 Å². The van der Waals surface area contributed by atoms with Crippen molar-refractivity contribution in [3.8, 4) is 0 Å². The number of allylic oxidation sites excluding steroid dienone is 2. The third-order valence-electron chi connectivity index (χ3n) is 0.800. The summed E-state index contributed by atoms with van der Waals surface area (Å²) < 4.78 is 22.5. The second-order valence-corrected chi connectivity index (χ2v) is 2.02. The Bertz CT molecular complexity index is 186. The van der Waals surface area contributed by atoms with E-state index in [4.69, 9.17) is 4.55 Å². The molecule has 9 heavy (non-hydrogen) atoms. The molecule has 0 saturated heterocycles. The second-order valence-electron chi connectivity index (χ2n) is 1.42. The van der Waals surface area contributed by atoms with E-state index in [0.29, 0.717) is 5.66 Å². The van der Waals surface area contributed by atoms with Gasteiger partial charge in [-0.1, -0.05) is 6.08 Å². The van der Waals surface area contributed by atoms with Crippen molar-refractivity contribution in [1.29, 1.82) is 0 Å². The summed E-state index contributed by atoms with van der Waals surface area (Å²) in [5.74, 6) is 1.72. The van der Waals surface area contributed by atoms with Crippen LogP contribution in [0.5, 0.6) is 0 Å². The van der Waals surface area contributed by atoms with Gasteiger partial charge in [-0.2, -0.15) is 4.21 Å². The summed E-state index contributed by atoms with van der Waals surface area (Å²) in [5, 5.41) is 0. The van der Waals surface area contributed by atoms with Gasteiger partial charge in [0, 0.05) is 0 Å². The summed E-state index contributed by atoms with van der Waals surface area (Å²) in [7, 11) is 1.61. The topological polar surface area (TPSA) is 46.5 Å². The molecule has 3 nitrogen and oxygen atoms in total. The van der Waals surface area contributed by atoms with Crippen LogP contribution in [0.1, 0.15) is 0 Å². The summed E-state index contributed by atoms with van der Waals surface area (Å²) >= 11 is -2.19. The maximum absolute atomic E-state index is 9.96. The molecule has 0 spiro atoms. The predicted octanol–water partition coefficient (Wildman–Crippen LogP) is 0.213. The summed E-state index contributed by atoms with van der Waals surface area (Å²) in [6.45, 7) is 0. The lowest BCUT2D eigenvalue weighted by molar-refractivity contribution is 0.409. The maximum Gasteiger partial charge on any atom is 0.356 e. The lowest BCUT2D eigenvalue weighted by atomic mass is 9.80. The van der Waals surface area contributed by atoms with Crippen LogP contribution in [0.4, 0.5) is 0 Å². The van der Waals surface area contributed by atoms with Crippen LogP contribution < -0.4 is 0 Å². The van der Waals surface area contributed by atoms with Gasteiger partial charge in [-0.05, 0) is 6.08 Å². The van der Waals surface area contributed by atoms with Gasteiger partial charge in [-0.25, -0.2) is 0 Å². The minimum atomic E-state index is -2.19. The maximum atomic E-state index is 9.96. The van der Waals surface area contributed by atoms with Crippen molar-refractivity contribution in [2.45, 2.75) is 0 Å². The molecule has 47 valence electrons. The van der Waals surface area contributed by atoms with Crippen LogP contribution in [0.2, 0.25) is 0 Å². The average molecular weight is 143 g/mol. The van der Waals surface area contributed by atoms with Crippen LogP contribution >= 0.6 is 0 Å². The van der Waals surface area contributed by atoms with Gasteiger partial charge in [-0.15, -0.1) is 5.98 Å². The highest BCUT2D eigenvalue weighted by Gasteiger charge is 2.04. The Hall–Kier alpha value is -0.545. The van der Waals surface area contributed by atoms with Crippen LogP contribution in [0.3, 0.4) is 0 Å². The zero-order chi connectivity index (χ0) is 6.69. The van der Waals surface area contributed by atoms with E-state index in [-0.39, 0.29) is 0 Å². The van der Waals surface area contributed by atoms with E-state index < -0.39 is 11.4 Å². The van der Waals surface area contributed by atoms with Gasteiger partial charge in [-0.3, -0.25) is 4.55 Å². The molecule has 1 aliphatic rings. The summed E-state index contributed by atoms with van der Waals surface area (Å²) in [6.07, 6.45) is 3.33. The van der Waals surface area contributed by atoms with Crippen LogP contribution in [0, 0.1) is 0 Å². The number of rotatable bonds is 2. The Labute approximate surface area is 56.1 Å². The van der Waals surface area contributed by atoms with E-state index in [1.54, 1.807) is 25.4 Å². The fourth-order valence-corrected chi connectivity index (χ4v) is 0.770. The van der Waals surface area contributed by atoms with E-state index in [1.807, 2.05) is 0 Å². The molecule has 0 fully saturated rings. The highest BCUT2D eigenvalue weighted by atomic mass is 32.2. The largest absolute Gasteiger partial charge is 0.396 e. The predicted molar refractivity (Wildman–Crippen MR) is 34.8 cm³/mol. The quantitative estimate of drug-likeness (QED) is 0.444. The first-order valence-electron chi connectivity index (χ1n) is 2.30. The number of hydrogen-bond donors (Lipinski definition) is 1. The molecule has 1 radical (unpaired) electrons. The first-order valence-corrected chi connectivity index (χ1v) is 3.33. The Balaban J connectivity index is 2.39. The zero-order valence-corrected chi connectivity index (χ0v) is 5.30. The molecular formula is C4H4BO3S. The molecule has 1 N–H and O–H groups in total. The SMILES string of the molecule is O=S(O)OC1=CC=C[B]1. The molecule has 1 unspecified atom stereocenters. The van der Waals surface area contributed by atoms with Gasteiger partial charge in [0.25, 0.3) is 0 Å². The van der Waals surface area contributed by atoms with Gasteiger partial charge in [0.15, 0.2) is 0 Å². The Morgan fingerprint density at radius 3 is 3.00 bits per heavy atom. The average Bonchev–Trinajstić information content (AvgIpc) is 2.15. The van der Waals surface area contributed by atoms with Gasteiger partial charge in [0.2, 0.25) is 7.28 Å². The summed E-state index contributed by atoms with van der Waals surface area (Å²) in [4.78, 5) is 0. The van der Waals surface area contributed by atoms with Gasteiger partial charge in [0.1, 0.15) is 0 Å². The molecule has 0 aromatic heterocycles. The molecule has 0 aliphatic carbocycles. The van der Waals surface area contributed by atoms with E-state index >= 15 is 0 Å². The smallest absolute Gasteiger partial charge is 0.356 e. The second kappa shape index (κ2) is 2.84. The highest BCUT2D eigenvalue weighted by Crippen LogP contribution is 2.03. The molecule has 0 bridgehead atoms. The van der Waals surface area contributed by atoms with Crippen LogP contribution in [-0.4, -0.2) is 16.0 Å². The van der Waals surface area contributed by atoms with Crippen molar-refractivity contribution in [3.05, 3.63) is 23.8 Å². The molecule has 0 amide bonds. The molecule has 0 aromatic rings. The standard InChI is InChI=1S/C4H4BO3S/c6-9(7)8-4-2-1-3-5-4/h1-3H,(H,6,7). The van der Waals surface area contributed by atoms with E-state index in [2.05, 4.69) is 4.18 Å². The molecule has 5 heteroatoms. The minimum Gasteiger partial charge on any atom is -0.396 e. The van der Waals surface area contributed by atoms with Gasteiger partial charge < -0.3 is 4.18 Å². The van der Waals surface area contributed by atoms with Gasteiger partial charge >= 0.3 is 11.4 Å². The Morgan fingerprint density at radius 1 is 1.78 bits per heavy atom. The fraction of sp³-hybridized carbons (Fsp3) is 0. The molecule has 0 saturated carbocycles. The molecule has 1 rings (SSSR count). The minimum absolute atomic E-state index is 0.413. The van der Waals surface area contributed by atoms with Crippen molar-refractivity contribution in [1.82, 2.24) is 0 Å². The van der Waals surface area contributed by atoms with Crippen molar-refractivity contribution in [2.75, 3.05) is 0 Å². The Morgan fingerprint density at radius 2 is 2.56 bits per heavy atom. The Kier molecular flexibility index (Phi) is 2.08. The van der Waals surface area contributed by atoms with E-state index in [1.165, 1.54) is 0 Å². The molecule has 0 aromatic carbocycles. The van der Waals surface area contributed by atoms with Crippen molar-refractivity contribution in [3.63, 3.8) is 0 Å². The first kappa shape index (κ1) is 6.57. The van der Waals surface area contributed by atoms with E-state index in [9.17, 15) is 4.21 Å². The van der Waals surface area contributed by atoms with Crippen molar-refractivity contribution < 1.29 is 12.9 Å². The third-order valence-corrected chi connectivity index (χ3v) is 1.13. The van der Waals surface area contributed by atoms with Crippen LogP contribution in [0.15, 0.2) is 23.8 Å². The zero-order valence-electron chi connectivity index (χ0n) is 4.48. The third kappa shape index (κ3) is 2.03. The van der Waals surface area contributed by atoms with Crippen molar-refractivity contribution >= 4 is 18.6 Å². The van der Waals surface area contributed by atoms with Crippen LogP contribution in [0.25, 0.3) is 0 Å². The normalized spacial score (nSPS) is 18.6. The molecule has 1 atom stereocenters. The lowest BCUT2D eigenvalue weighted by Gasteiger charge is -1.96. The van der Waals surface area contributed by atoms with Crippen LogP contribution in [-0.2, 0) is 15.5 Å². The molecule has 1 heterocycles. The first-order chi connectivity index (χ1) is 4.29. The fourth-order valence-electron chi connectivity index (χ4n) is 0.494. The van der Waals surface area contributed by atoms with Gasteiger partial charge in [0.05, 0.1) is 5.66 Å². The summed E-state index contributed by atoms with van der Waals surface area (Å²) in [6, 6.07) is 0.